The van der Waals surface area contributed by atoms with Crippen LogP contribution in [0, 0.1) is 6.92 Å². The fraction of sp³-hybridized carbons (Fsp3) is 0.273. The van der Waals surface area contributed by atoms with Crippen LogP contribution in [0.2, 0.25) is 0 Å². The SMILES string of the molecule is Cc1cccc(-c2ccc3nc(Cc4nnc(CC(=O)NC5(N)CC5)o4)sc3c2)c1. The number of fused-ring (bicyclic) bond motifs is 1. The van der Waals surface area contributed by atoms with Crippen molar-refractivity contribution < 1.29 is 9.21 Å². The number of aryl methyl sites for hydroxylation is 1. The minimum atomic E-state index is -0.543. The Morgan fingerprint density at radius 2 is 1.97 bits per heavy atom. The number of hydrogen-bond donors (Lipinski definition) is 2. The number of nitrogens with zero attached hydrogens (tertiary/aromatic N) is 3. The molecule has 2 aromatic carbocycles. The highest BCUT2D eigenvalue weighted by molar-refractivity contribution is 7.18. The molecule has 7 nitrogen and oxygen atoms in total. The lowest BCUT2D eigenvalue weighted by Gasteiger charge is -2.09. The van der Waals surface area contributed by atoms with Crippen LogP contribution in [-0.2, 0) is 17.6 Å². The van der Waals surface area contributed by atoms with Gasteiger partial charge < -0.3 is 15.5 Å². The number of thiazole rings is 1. The number of nitrogens with two attached hydrogens (primary N) is 1. The Hall–Kier alpha value is -3.10. The Morgan fingerprint density at radius 3 is 2.77 bits per heavy atom. The Bertz CT molecular complexity index is 1240. The highest BCUT2D eigenvalue weighted by Crippen LogP contribution is 2.30. The van der Waals surface area contributed by atoms with Gasteiger partial charge in [-0.15, -0.1) is 21.5 Å². The van der Waals surface area contributed by atoms with Gasteiger partial charge in [-0.05, 0) is 43.0 Å². The smallest absolute Gasteiger partial charge is 0.230 e. The van der Waals surface area contributed by atoms with Crippen LogP contribution in [0.25, 0.3) is 21.3 Å². The minimum absolute atomic E-state index is 0.0334. The molecule has 0 bridgehead atoms. The monoisotopic (exact) mass is 419 g/mol. The van der Waals surface area contributed by atoms with Gasteiger partial charge in [0.05, 0.1) is 22.3 Å². The summed E-state index contributed by atoms with van der Waals surface area (Å²) in [6.45, 7) is 2.09. The third-order valence-electron chi connectivity index (χ3n) is 5.08. The highest BCUT2D eigenvalue weighted by atomic mass is 32.1. The van der Waals surface area contributed by atoms with E-state index in [1.807, 2.05) is 6.07 Å². The molecule has 2 heterocycles. The highest BCUT2D eigenvalue weighted by Gasteiger charge is 2.39. The predicted octanol–water partition coefficient (Wildman–Crippen LogP) is 3.35. The molecule has 3 N–H and O–H groups in total. The Labute approximate surface area is 177 Å². The summed E-state index contributed by atoms with van der Waals surface area (Å²) in [6.07, 6.45) is 2.08. The maximum atomic E-state index is 12.0. The molecule has 5 rings (SSSR count). The van der Waals surface area contributed by atoms with Gasteiger partial charge >= 0.3 is 0 Å². The van der Waals surface area contributed by atoms with Crippen LogP contribution in [-0.4, -0.2) is 26.8 Å². The van der Waals surface area contributed by atoms with Crippen LogP contribution in [0.1, 0.15) is 35.2 Å². The van der Waals surface area contributed by atoms with Crippen LogP contribution >= 0.6 is 11.3 Å². The molecule has 0 radical (unpaired) electrons. The van der Waals surface area contributed by atoms with Gasteiger partial charge in [0.1, 0.15) is 11.4 Å². The van der Waals surface area contributed by atoms with Crippen molar-refractivity contribution in [3.05, 3.63) is 64.8 Å². The minimum Gasteiger partial charge on any atom is -0.424 e. The topological polar surface area (TPSA) is 107 Å². The zero-order valence-corrected chi connectivity index (χ0v) is 17.3. The number of aromatic nitrogens is 3. The standard InChI is InChI=1S/C22H21N5O2S/c1-13-3-2-4-14(9-13)15-5-6-16-17(10-15)30-21(24-16)12-20-27-26-19(29-20)11-18(28)25-22(23)7-8-22/h2-6,9-10H,7-8,11-12,23H2,1H3,(H,25,28). The number of benzene rings is 2. The van der Waals surface area contributed by atoms with Crippen molar-refractivity contribution in [1.82, 2.24) is 20.5 Å². The van der Waals surface area contributed by atoms with Crippen LogP contribution in [0.15, 0.2) is 46.9 Å². The fourth-order valence-corrected chi connectivity index (χ4v) is 4.33. The van der Waals surface area contributed by atoms with Crippen LogP contribution in [0.4, 0.5) is 0 Å². The quantitative estimate of drug-likeness (QED) is 0.464. The van der Waals surface area contributed by atoms with Crippen molar-refractivity contribution in [3.8, 4) is 11.1 Å². The lowest BCUT2D eigenvalue weighted by Crippen LogP contribution is -2.44. The number of carbonyl (C=O) groups excluding carboxylic acids is 1. The molecule has 152 valence electrons. The van der Waals surface area contributed by atoms with E-state index in [4.69, 9.17) is 10.2 Å². The zero-order chi connectivity index (χ0) is 20.7. The first kappa shape index (κ1) is 18.9. The second kappa shape index (κ2) is 7.30. The number of rotatable bonds is 6. The molecular formula is C22H21N5O2S. The molecule has 30 heavy (non-hydrogen) atoms. The molecule has 8 heteroatoms. The molecule has 0 spiro atoms. The van der Waals surface area contributed by atoms with Gasteiger partial charge in [0.2, 0.25) is 17.7 Å². The summed E-state index contributed by atoms with van der Waals surface area (Å²) < 4.78 is 6.75. The van der Waals surface area contributed by atoms with Gasteiger partial charge in [0, 0.05) is 0 Å². The van der Waals surface area contributed by atoms with Crippen LogP contribution in [0.3, 0.4) is 0 Å². The van der Waals surface area contributed by atoms with E-state index in [9.17, 15) is 4.79 Å². The van der Waals surface area contributed by atoms with Crippen molar-refractivity contribution in [2.24, 2.45) is 5.73 Å². The number of amides is 1. The Kier molecular flexibility index (Phi) is 4.60. The summed E-state index contributed by atoms with van der Waals surface area (Å²) >= 11 is 1.61. The van der Waals surface area contributed by atoms with E-state index in [2.05, 4.69) is 63.8 Å². The van der Waals surface area contributed by atoms with Gasteiger partial charge in [-0.1, -0.05) is 35.9 Å². The maximum absolute atomic E-state index is 12.0. The summed E-state index contributed by atoms with van der Waals surface area (Å²) in [5, 5.41) is 11.7. The average Bonchev–Trinajstić information content (AvgIpc) is 3.10. The molecule has 0 aliphatic heterocycles. The molecule has 1 fully saturated rings. The molecule has 1 aliphatic carbocycles. The van der Waals surface area contributed by atoms with Gasteiger partial charge in [-0.25, -0.2) is 4.98 Å². The summed E-state index contributed by atoms with van der Waals surface area (Å²) in [5.74, 6) is 0.535. The fourth-order valence-electron chi connectivity index (χ4n) is 3.33. The first-order valence-electron chi connectivity index (χ1n) is 9.83. The van der Waals surface area contributed by atoms with Gasteiger partial charge in [-0.3, -0.25) is 4.79 Å². The molecule has 1 amide bonds. The largest absolute Gasteiger partial charge is 0.424 e. The molecular weight excluding hydrogens is 398 g/mol. The summed E-state index contributed by atoms with van der Waals surface area (Å²) in [5.41, 5.74) is 9.89. The van der Waals surface area contributed by atoms with Crippen molar-refractivity contribution >= 4 is 27.5 Å². The Balaban J connectivity index is 1.30. The number of hydrogen-bond acceptors (Lipinski definition) is 7. The first-order valence-corrected chi connectivity index (χ1v) is 10.7. The van der Waals surface area contributed by atoms with Crippen molar-refractivity contribution in [3.63, 3.8) is 0 Å². The van der Waals surface area contributed by atoms with Gasteiger partial charge in [0.15, 0.2) is 0 Å². The van der Waals surface area contributed by atoms with E-state index >= 15 is 0 Å². The molecule has 0 saturated heterocycles. The van der Waals surface area contributed by atoms with Crippen LogP contribution < -0.4 is 11.1 Å². The first-order chi connectivity index (χ1) is 14.5. The van der Waals surface area contributed by atoms with Crippen molar-refractivity contribution in [1.29, 1.82) is 0 Å². The molecule has 1 saturated carbocycles. The van der Waals surface area contributed by atoms with Crippen molar-refractivity contribution in [2.45, 2.75) is 38.3 Å². The summed E-state index contributed by atoms with van der Waals surface area (Å²) in [6, 6.07) is 14.7. The van der Waals surface area contributed by atoms with Gasteiger partial charge in [-0.2, -0.15) is 0 Å². The summed E-state index contributed by atoms with van der Waals surface area (Å²) in [7, 11) is 0. The van der Waals surface area contributed by atoms with E-state index in [0.29, 0.717) is 12.3 Å². The number of carbonyl (C=O) groups is 1. The zero-order valence-electron chi connectivity index (χ0n) is 16.5. The third-order valence-corrected chi connectivity index (χ3v) is 6.10. The Morgan fingerprint density at radius 1 is 1.17 bits per heavy atom. The van der Waals surface area contributed by atoms with E-state index in [-0.39, 0.29) is 18.2 Å². The van der Waals surface area contributed by atoms with E-state index in [1.54, 1.807) is 11.3 Å². The normalized spacial score (nSPS) is 14.7. The lowest BCUT2D eigenvalue weighted by molar-refractivity contribution is -0.121. The predicted molar refractivity (Wildman–Crippen MR) is 115 cm³/mol. The maximum Gasteiger partial charge on any atom is 0.230 e. The van der Waals surface area contributed by atoms with E-state index in [0.717, 1.165) is 28.1 Å². The van der Waals surface area contributed by atoms with Crippen LogP contribution in [0.5, 0.6) is 0 Å². The van der Waals surface area contributed by atoms with E-state index < -0.39 is 5.66 Å². The second-order valence-corrected chi connectivity index (χ2v) is 8.92. The molecule has 0 atom stereocenters. The lowest BCUT2D eigenvalue weighted by atomic mass is 10.0. The molecule has 1 aliphatic rings. The average molecular weight is 420 g/mol. The number of nitrogens with one attached hydrogen (secondary N) is 1. The van der Waals surface area contributed by atoms with Gasteiger partial charge in [0.25, 0.3) is 0 Å². The molecule has 0 unspecified atom stereocenters. The van der Waals surface area contributed by atoms with Crippen molar-refractivity contribution in [2.75, 3.05) is 0 Å². The third kappa shape index (κ3) is 4.10. The molecule has 2 aromatic heterocycles. The second-order valence-electron chi connectivity index (χ2n) is 7.81. The summed E-state index contributed by atoms with van der Waals surface area (Å²) in [4.78, 5) is 16.7. The molecule has 4 aromatic rings. The van der Waals surface area contributed by atoms with E-state index in [1.165, 1.54) is 16.7 Å².